The van der Waals surface area contributed by atoms with Crippen molar-refractivity contribution in [1.29, 1.82) is 0 Å². The standard InChI is InChI=1S/C15H27NO3/c1-3-19-13(17)12-5-9-15(18,10-6-12)11-16-14(2)7-4-8-14/h12,16,18H,3-11H2,1-2H3. The number of hydrogen-bond donors (Lipinski definition) is 2. The molecular formula is C15H27NO3. The number of rotatable bonds is 5. The van der Waals surface area contributed by atoms with Crippen LogP contribution in [-0.2, 0) is 9.53 Å². The van der Waals surface area contributed by atoms with Gasteiger partial charge in [0, 0.05) is 12.1 Å². The van der Waals surface area contributed by atoms with Crippen LogP contribution in [0, 0.1) is 5.92 Å². The number of nitrogens with one attached hydrogen (secondary N) is 1. The van der Waals surface area contributed by atoms with Gasteiger partial charge in [0.05, 0.1) is 18.1 Å². The van der Waals surface area contributed by atoms with Gasteiger partial charge < -0.3 is 15.2 Å². The van der Waals surface area contributed by atoms with Crippen molar-refractivity contribution in [2.24, 2.45) is 5.92 Å². The molecular weight excluding hydrogens is 242 g/mol. The normalized spacial score (nSPS) is 33.5. The molecule has 0 saturated heterocycles. The second-order valence-corrected chi connectivity index (χ2v) is 6.52. The van der Waals surface area contributed by atoms with Gasteiger partial charge in [-0.2, -0.15) is 0 Å². The van der Waals surface area contributed by atoms with E-state index < -0.39 is 5.60 Å². The molecule has 0 aromatic carbocycles. The number of β-amino-alcohol motifs (C(OH)–C–C–N with tert-alkyl or cyclic N) is 1. The molecule has 0 aliphatic heterocycles. The molecule has 2 rings (SSSR count). The average Bonchev–Trinajstić information content (AvgIpc) is 2.35. The summed E-state index contributed by atoms with van der Waals surface area (Å²) in [5, 5.41) is 14.1. The summed E-state index contributed by atoms with van der Waals surface area (Å²) in [7, 11) is 0. The van der Waals surface area contributed by atoms with E-state index in [0.29, 0.717) is 26.0 Å². The van der Waals surface area contributed by atoms with Gasteiger partial charge in [-0.3, -0.25) is 4.79 Å². The third-order valence-electron chi connectivity index (χ3n) is 4.84. The molecule has 0 radical (unpaired) electrons. The molecule has 0 amide bonds. The Bertz CT molecular complexity index is 317. The molecule has 0 bridgehead atoms. The zero-order valence-electron chi connectivity index (χ0n) is 12.2. The molecule has 0 heterocycles. The molecule has 2 fully saturated rings. The molecule has 4 nitrogen and oxygen atoms in total. The van der Waals surface area contributed by atoms with Crippen molar-refractivity contribution in [2.75, 3.05) is 13.2 Å². The predicted molar refractivity (Wildman–Crippen MR) is 73.8 cm³/mol. The highest BCUT2D eigenvalue weighted by Crippen LogP contribution is 2.35. The highest BCUT2D eigenvalue weighted by molar-refractivity contribution is 5.72. The van der Waals surface area contributed by atoms with Crippen molar-refractivity contribution in [3.63, 3.8) is 0 Å². The fourth-order valence-electron chi connectivity index (χ4n) is 3.09. The van der Waals surface area contributed by atoms with Crippen LogP contribution in [0.2, 0.25) is 0 Å². The van der Waals surface area contributed by atoms with Crippen molar-refractivity contribution in [3.8, 4) is 0 Å². The van der Waals surface area contributed by atoms with E-state index >= 15 is 0 Å². The third-order valence-corrected chi connectivity index (χ3v) is 4.84. The van der Waals surface area contributed by atoms with E-state index in [1.54, 1.807) is 0 Å². The second-order valence-electron chi connectivity index (χ2n) is 6.52. The highest BCUT2D eigenvalue weighted by atomic mass is 16.5. The minimum absolute atomic E-state index is 0.0143. The van der Waals surface area contributed by atoms with Gasteiger partial charge in [0.1, 0.15) is 0 Å². The van der Waals surface area contributed by atoms with Gasteiger partial charge in [-0.25, -0.2) is 0 Å². The quantitative estimate of drug-likeness (QED) is 0.750. The number of ether oxygens (including phenoxy) is 1. The third kappa shape index (κ3) is 3.69. The van der Waals surface area contributed by atoms with Crippen molar-refractivity contribution in [2.45, 2.75) is 69.9 Å². The van der Waals surface area contributed by atoms with Crippen molar-refractivity contribution < 1.29 is 14.6 Å². The van der Waals surface area contributed by atoms with E-state index in [0.717, 1.165) is 12.8 Å². The van der Waals surface area contributed by atoms with Gasteiger partial charge in [-0.1, -0.05) is 0 Å². The fraction of sp³-hybridized carbons (Fsp3) is 0.933. The van der Waals surface area contributed by atoms with Gasteiger partial charge in [0.15, 0.2) is 0 Å². The largest absolute Gasteiger partial charge is 0.466 e. The minimum Gasteiger partial charge on any atom is -0.466 e. The number of carbonyl (C=O) groups is 1. The summed E-state index contributed by atoms with van der Waals surface area (Å²) < 4.78 is 5.05. The summed E-state index contributed by atoms with van der Waals surface area (Å²) in [6.45, 7) is 5.16. The molecule has 0 spiro atoms. The van der Waals surface area contributed by atoms with Crippen LogP contribution in [-0.4, -0.2) is 35.4 Å². The number of aliphatic hydroxyl groups is 1. The molecule has 0 unspecified atom stereocenters. The summed E-state index contributed by atoms with van der Waals surface area (Å²) in [4.78, 5) is 11.7. The maximum Gasteiger partial charge on any atom is 0.308 e. The van der Waals surface area contributed by atoms with Gasteiger partial charge >= 0.3 is 5.97 Å². The lowest BCUT2D eigenvalue weighted by molar-refractivity contribution is -0.151. The Hall–Kier alpha value is -0.610. The number of esters is 1. The van der Waals surface area contributed by atoms with Gasteiger partial charge in [-0.05, 0) is 58.8 Å². The molecule has 2 N–H and O–H groups in total. The van der Waals surface area contributed by atoms with Crippen LogP contribution in [0.4, 0.5) is 0 Å². The summed E-state index contributed by atoms with van der Waals surface area (Å²) in [5.74, 6) is -0.108. The topological polar surface area (TPSA) is 58.6 Å². The first-order valence-electron chi connectivity index (χ1n) is 7.60. The Morgan fingerprint density at radius 2 is 1.95 bits per heavy atom. The molecule has 0 aromatic rings. The first kappa shape index (κ1) is 14.8. The van der Waals surface area contributed by atoms with E-state index in [4.69, 9.17) is 4.74 Å². The lowest BCUT2D eigenvalue weighted by Gasteiger charge is -2.43. The maximum absolute atomic E-state index is 11.7. The van der Waals surface area contributed by atoms with Crippen LogP contribution < -0.4 is 5.32 Å². The van der Waals surface area contributed by atoms with Gasteiger partial charge in [0.2, 0.25) is 0 Å². The Balaban J connectivity index is 1.76. The summed E-state index contributed by atoms with van der Waals surface area (Å²) in [5.41, 5.74) is -0.407. The molecule has 2 aliphatic carbocycles. The summed E-state index contributed by atoms with van der Waals surface area (Å²) in [6, 6.07) is 0. The predicted octanol–water partition coefficient (Wildman–Crippen LogP) is 2.00. The zero-order valence-corrected chi connectivity index (χ0v) is 12.2. The first-order chi connectivity index (χ1) is 8.96. The molecule has 4 heteroatoms. The Labute approximate surface area is 115 Å². The molecule has 0 aromatic heterocycles. The van der Waals surface area contributed by atoms with Gasteiger partial charge in [-0.15, -0.1) is 0 Å². The minimum atomic E-state index is -0.637. The number of hydrogen-bond acceptors (Lipinski definition) is 4. The molecule has 2 saturated carbocycles. The molecule has 110 valence electrons. The van der Waals surface area contributed by atoms with Crippen LogP contribution in [0.5, 0.6) is 0 Å². The fourth-order valence-corrected chi connectivity index (χ4v) is 3.09. The Morgan fingerprint density at radius 3 is 2.42 bits per heavy atom. The Kier molecular flexibility index (Phi) is 4.51. The second kappa shape index (κ2) is 5.80. The monoisotopic (exact) mass is 269 g/mol. The van der Waals surface area contributed by atoms with E-state index in [1.165, 1.54) is 19.3 Å². The smallest absolute Gasteiger partial charge is 0.308 e. The molecule has 2 aliphatic rings. The van der Waals surface area contributed by atoms with E-state index in [-0.39, 0.29) is 17.4 Å². The van der Waals surface area contributed by atoms with Crippen molar-refractivity contribution in [1.82, 2.24) is 5.32 Å². The number of carbonyl (C=O) groups excluding carboxylic acids is 1. The lowest BCUT2D eigenvalue weighted by atomic mass is 9.75. The molecule has 0 atom stereocenters. The molecule has 19 heavy (non-hydrogen) atoms. The SMILES string of the molecule is CCOC(=O)C1CCC(O)(CNC2(C)CCC2)CC1. The van der Waals surface area contributed by atoms with Crippen LogP contribution in [0.15, 0.2) is 0 Å². The van der Waals surface area contributed by atoms with Crippen molar-refractivity contribution in [3.05, 3.63) is 0 Å². The van der Waals surface area contributed by atoms with Gasteiger partial charge in [0.25, 0.3) is 0 Å². The lowest BCUT2D eigenvalue weighted by Crippen LogP contribution is -2.55. The van der Waals surface area contributed by atoms with E-state index in [2.05, 4.69) is 12.2 Å². The highest BCUT2D eigenvalue weighted by Gasteiger charge is 2.39. The van der Waals surface area contributed by atoms with Crippen LogP contribution >= 0.6 is 0 Å². The summed E-state index contributed by atoms with van der Waals surface area (Å²) >= 11 is 0. The van der Waals surface area contributed by atoms with Crippen LogP contribution in [0.3, 0.4) is 0 Å². The Morgan fingerprint density at radius 1 is 1.32 bits per heavy atom. The van der Waals surface area contributed by atoms with E-state index in [9.17, 15) is 9.90 Å². The van der Waals surface area contributed by atoms with Crippen LogP contribution in [0.1, 0.15) is 58.8 Å². The van der Waals surface area contributed by atoms with Crippen LogP contribution in [0.25, 0.3) is 0 Å². The van der Waals surface area contributed by atoms with Crippen molar-refractivity contribution >= 4 is 5.97 Å². The average molecular weight is 269 g/mol. The zero-order chi connectivity index (χ0) is 13.9. The maximum atomic E-state index is 11.7. The first-order valence-corrected chi connectivity index (χ1v) is 7.60. The van der Waals surface area contributed by atoms with E-state index in [1.807, 2.05) is 6.92 Å². The summed E-state index contributed by atoms with van der Waals surface area (Å²) in [6.07, 6.45) is 6.57.